The third-order valence-corrected chi connectivity index (χ3v) is 3.30. The van der Waals surface area contributed by atoms with Crippen LogP contribution in [-0.2, 0) is 24.1 Å². The van der Waals surface area contributed by atoms with Crippen LogP contribution < -0.4 is 10.6 Å². The minimum Gasteiger partial charge on any atom is -0.444 e. The standard InChI is InChI=1S/C16H24N2O2/c1-16(2,3)20-15(19)18-10-7-12-5-4-6-13-11-17-9-8-14(12)13/h4-6,17H,7-11H2,1-3H3,(H,18,19). The van der Waals surface area contributed by atoms with E-state index in [0.717, 1.165) is 25.9 Å². The van der Waals surface area contributed by atoms with Crippen LogP contribution in [0.15, 0.2) is 18.2 Å². The molecule has 1 aromatic carbocycles. The van der Waals surface area contributed by atoms with Crippen molar-refractivity contribution in [1.82, 2.24) is 10.6 Å². The molecular weight excluding hydrogens is 252 g/mol. The van der Waals surface area contributed by atoms with E-state index in [-0.39, 0.29) is 6.09 Å². The number of hydrogen-bond donors (Lipinski definition) is 2. The van der Waals surface area contributed by atoms with Gasteiger partial charge < -0.3 is 15.4 Å². The maximum Gasteiger partial charge on any atom is 0.407 e. The van der Waals surface area contributed by atoms with Crippen LogP contribution in [-0.4, -0.2) is 24.8 Å². The predicted molar refractivity (Wildman–Crippen MR) is 79.8 cm³/mol. The quantitative estimate of drug-likeness (QED) is 0.891. The second-order valence-corrected chi connectivity index (χ2v) is 6.16. The van der Waals surface area contributed by atoms with Crippen molar-refractivity contribution in [2.45, 2.75) is 45.8 Å². The largest absolute Gasteiger partial charge is 0.444 e. The molecule has 1 amide bonds. The van der Waals surface area contributed by atoms with E-state index in [1.807, 2.05) is 20.8 Å². The number of benzene rings is 1. The summed E-state index contributed by atoms with van der Waals surface area (Å²) in [6, 6.07) is 6.42. The first-order chi connectivity index (χ1) is 9.46. The lowest BCUT2D eigenvalue weighted by Crippen LogP contribution is -2.33. The highest BCUT2D eigenvalue weighted by Gasteiger charge is 2.16. The van der Waals surface area contributed by atoms with Crippen molar-refractivity contribution in [2.75, 3.05) is 13.1 Å². The van der Waals surface area contributed by atoms with Gasteiger partial charge in [-0.1, -0.05) is 18.2 Å². The Morgan fingerprint density at radius 1 is 1.40 bits per heavy atom. The van der Waals surface area contributed by atoms with Gasteiger partial charge in [-0.15, -0.1) is 0 Å². The lowest BCUT2D eigenvalue weighted by molar-refractivity contribution is 0.0528. The maximum atomic E-state index is 11.6. The van der Waals surface area contributed by atoms with E-state index < -0.39 is 5.60 Å². The molecule has 0 unspecified atom stereocenters. The van der Waals surface area contributed by atoms with Crippen LogP contribution >= 0.6 is 0 Å². The first-order valence-electron chi connectivity index (χ1n) is 7.23. The average Bonchev–Trinajstić information content (AvgIpc) is 2.37. The van der Waals surface area contributed by atoms with Crippen LogP contribution in [0.1, 0.15) is 37.5 Å². The Hall–Kier alpha value is -1.55. The fourth-order valence-corrected chi connectivity index (χ4v) is 2.46. The van der Waals surface area contributed by atoms with Crippen molar-refractivity contribution in [3.05, 3.63) is 34.9 Å². The minimum absolute atomic E-state index is 0.344. The van der Waals surface area contributed by atoms with Gasteiger partial charge in [0.25, 0.3) is 0 Å². The monoisotopic (exact) mass is 276 g/mol. The predicted octanol–water partition coefficient (Wildman–Crippen LogP) is 2.40. The van der Waals surface area contributed by atoms with Crippen molar-refractivity contribution < 1.29 is 9.53 Å². The van der Waals surface area contributed by atoms with Crippen LogP contribution in [0.3, 0.4) is 0 Å². The van der Waals surface area contributed by atoms with E-state index in [0.29, 0.717) is 6.54 Å². The number of fused-ring (bicyclic) bond motifs is 1. The molecule has 0 radical (unpaired) electrons. The summed E-state index contributed by atoms with van der Waals surface area (Å²) in [6.45, 7) is 8.19. The van der Waals surface area contributed by atoms with Crippen LogP contribution in [0.25, 0.3) is 0 Å². The first-order valence-corrected chi connectivity index (χ1v) is 7.23. The molecule has 1 aliphatic rings. The Bertz CT molecular complexity index is 478. The third-order valence-electron chi connectivity index (χ3n) is 3.30. The van der Waals surface area contributed by atoms with Gasteiger partial charge in [0.05, 0.1) is 0 Å². The molecule has 0 atom stereocenters. The van der Waals surface area contributed by atoms with Crippen molar-refractivity contribution in [2.24, 2.45) is 0 Å². The zero-order chi connectivity index (χ0) is 14.6. The average molecular weight is 276 g/mol. The zero-order valence-corrected chi connectivity index (χ0v) is 12.6. The fourth-order valence-electron chi connectivity index (χ4n) is 2.46. The Kier molecular flexibility index (Phi) is 4.65. The second-order valence-electron chi connectivity index (χ2n) is 6.16. The topological polar surface area (TPSA) is 50.4 Å². The van der Waals surface area contributed by atoms with E-state index in [2.05, 4.69) is 28.8 Å². The van der Waals surface area contributed by atoms with Gasteiger partial charge in [0.15, 0.2) is 0 Å². The van der Waals surface area contributed by atoms with Crippen LogP contribution in [0.2, 0.25) is 0 Å². The number of alkyl carbamates (subject to hydrolysis) is 1. The lowest BCUT2D eigenvalue weighted by atomic mass is 9.94. The van der Waals surface area contributed by atoms with Crippen LogP contribution in [0.5, 0.6) is 0 Å². The number of hydrogen-bond acceptors (Lipinski definition) is 3. The molecule has 0 aromatic heterocycles. The van der Waals surface area contributed by atoms with E-state index >= 15 is 0 Å². The summed E-state index contributed by atoms with van der Waals surface area (Å²) in [6.07, 6.45) is 1.57. The summed E-state index contributed by atoms with van der Waals surface area (Å²) in [5.41, 5.74) is 3.71. The molecule has 110 valence electrons. The number of carbonyl (C=O) groups excluding carboxylic acids is 1. The highest BCUT2D eigenvalue weighted by Crippen LogP contribution is 2.18. The molecule has 0 fully saturated rings. The Morgan fingerprint density at radius 2 is 2.20 bits per heavy atom. The first kappa shape index (κ1) is 14.9. The molecule has 2 N–H and O–H groups in total. The zero-order valence-electron chi connectivity index (χ0n) is 12.6. The summed E-state index contributed by atoms with van der Waals surface area (Å²) in [4.78, 5) is 11.6. The highest BCUT2D eigenvalue weighted by atomic mass is 16.6. The Balaban J connectivity index is 1.87. The number of carbonyl (C=O) groups is 1. The molecular formula is C16H24N2O2. The Morgan fingerprint density at radius 3 is 2.95 bits per heavy atom. The van der Waals surface area contributed by atoms with Gasteiger partial charge in [-0.25, -0.2) is 4.79 Å². The molecule has 0 spiro atoms. The van der Waals surface area contributed by atoms with E-state index in [1.165, 1.54) is 16.7 Å². The van der Waals surface area contributed by atoms with Gasteiger partial charge in [0, 0.05) is 13.1 Å². The number of amides is 1. The maximum absolute atomic E-state index is 11.6. The molecule has 0 bridgehead atoms. The summed E-state index contributed by atoms with van der Waals surface area (Å²) < 4.78 is 5.23. The SMILES string of the molecule is CC(C)(C)OC(=O)NCCc1cccc2c1CCNC2. The number of ether oxygens (including phenoxy) is 1. The summed E-state index contributed by atoms with van der Waals surface area (Å²) in [5, 5.41) is 6.20. The summed E-state index contributed by atoms with van der Waals surface area (Å²) in [7, 11) is 0. The third kappa shape index (κ3) is 4.23. The highest BCUT2D eigenvalue weighted by molar-refractivity contribution is 5.67. The van der Waals surface area contributed by atoms with Crippen molar-refractivity contribution in [3.63, 3.8) is 0 Å². The number of nitrogens with one attached hydrogen (secondary N) is 2. The van der Waals surface area contributed by atoms with Gasteiger partial charge in [0.1, 0.15) is 5.60 Å². The van der Waals surface area contributed by atoms with Gasteiger partial charge in [-0.2, -0.15) is 0 Å². The molecule has 4 nitrogen and oxygen atoms in total. The lowest BCUT2D eigenvalue weighted by Gasteiger charge is -2.21. The fraction of sp³-hybridized carbons (Fsp3) is 0.562. The van der Waals surface area contributed by atoms with Gasteiger partial charge >= 0.3 is 6.09 Å². The van der Waals surface area contributed by atoms with E-state index in [1.54, 1.807) is 0 Å². The van der Waals surface area contributed by atoms with Crippen molar-refractivity contribution >= 4 is 6.09 Å². The smallest absolute Gasteiger partial charge is 0.407 e. The number of rotatable bonds is 3. The molecule has 1 aliphatic heterocycles. The van der Waals surface area contributed by atoms with E-state index in [4.69, 9.17) is 4.74 Å². The van der Waals surface area contributed by atoms with Gasteiger partial charge in [-0.05, 0) is 56.8 Å². The summed E-state index contributed by atoms with van der Waals surface area (Å²) in [5.74, 6) is 0. The molecule has 1 aromatic rings. The molecule has 0 saturated heterocycles. The van der Waals surface area contributed by atoms with Crippen molar-refractivity contribution in [3.8, 4) is 0 Å². The molecule has 4 heteroatoms. The minimum atomic E-state index is -0.443. The molecule has 2 rings (SSSR count). The second kappa shape index (κ2) is 6.27. The van der Waals surface area contributed by atoms with E-state index in [9.17, 15) is 4.79 Å². The summed E-state index contributed by atoms with van der Waals surface area (Å²) >= 11 is 0. The van der Waals surface area contributed by atoms with Crippen LogP contribution in [0, 0.1) is 0 Å². The molecule has 0 saturated carbocycles. The molecule has 0 aliphatic carbocycles. The molecule has 20 heavy (non-hydrogen) atoms. The molecule has 1 heterocycles. The van der Waals surface area contributed by atoms with Crippen molar-refractivity contribution in [1.29, 1.82) is 0 Å². The normalized spacial score (nSPS) is 14.6. The Labute approximate surface area is 120 Å². The van der Waals surface area contributed by atoms with Gasteiger partial charge in [0.2, 0.25) is 0 Å². The van der Waals surface area contributed by atoms with Gasteiger partial charge in [-0.3, -0.25) is 0 Å². The van der Waals surface area contributed by atoms with Crippen LogP contribution in [0.4, 0.5) is 4.79 Å².